The minimum absolute atomic E-state index is 0.226. The van der Waals surface area contributed by atoms with Crippen LogP contribution >= 0.6 is 23.2 Å². The number of imidazole rings is 1. The third-order valence-electron chi connectivity index (χ3n) is 3.02. The number of carbonyl (C=O) groups is 1. The number of hydrogen-bond acceptors (Lipinski definition) is 2. The first-order valence-electron chi connectivity index (χ1n) is 6.29. The second kappa shape index (κ2) is 5.76. The zero-order valence-corrected chi connectivity index (χ0v) is 12.4. The standard InChI is InChI=1S/C15H11Cl2N3O/c16-10-5-6-20-9-11(19-14(20)7-10)8-18-15(21)12-3-1-2-4-13(12)17/h1-7,9H,8H2,(H,18,21). The first kappa shape index (κ1) is 13.9. The number of rotatable bonds is 3. The van der Waals surface area contributed by atoms with Gasteiger partial charge in [-0.2, -0.15) is 0 Å². The topological polar surface area (TPSA) is 46.4 Å². The van der Waals surface area contributed by atoms with Crippen molar-refractivity contribution in [2.75, 3.05) is 0 Å². The third kappa shape index (κ3) is 3.01. The number of amides is 1. The molecule has 0 bridgehead atoms. The Morgan fingerprint density at radius 2 is 2.05 bits per heavy atom. The van der Waals surface area contributed by atoms with Gasteiger partial charge in [-0.1, -0.05) is 35.3 Å². The first-order valence-corrected chi connectivity index (χ1v) is 7.05. The molecular formula is C15H11Cl2N3O. The normalized spacial score (nSPS) is 10.8. The third-order valence-corrected chi connectivity index (χ3v) is 3.59. The lowest BCUT2D eigenvalue weighted by molar-refractivity contribution is 0.0950. The van der Waals surface area contributed by atoms with Crippen molar-refractivity contribution < 1.29 is 4.79 Å². The molecular weight excluding hydrogens is 309 g/mol. The molecule has 1 N–H and O–H groups in total. The number of pyridine rings is 1. The van der Waals surface area contributed by atoms with Crippen molar-refractivity contribution >= 4 is 34.8 Å². The Bertz CT molecular complexity index is 814. The number of aromatic nitrogens is 2. The molecule has 21 heavy (non-hydrogen) atoms. The molecule has 2 heterocycles. The summed E-state index contributed by atoms with van der Waals surface area (Å²) in [7, 11) is 0. The van der Waals surface area contributed by atoms with E-state index in [0.29, 0.717) is 22.2 Å². The molecule has 0 aliphatic rings. The minimum Gasteiger partial charge on any atom is -0.346 e. The van der Waals surface area contributed by atoms with Crippen LogP contribution in [-0.2, 0) is 6.54 Å². The van der Waals surface area contributed by atoms with E-state index in [1.54, 1.807) is 36.4 Å². The molecule has 1 amide bonds. The Labute approximate surface area is 131 Å². The maximum absolute atomic E-state index is 12.1. The molecule has 3 aromatic rings. The van der Waals surface area contributed by atoms with Gasteiger partial charge in [0.15, 0.2) is 0 Å². The van der Waals surface area contributed by atoms with Crippen LogP contribution in [0.4, 0.5) is 0 Å². The van der Waals surface area contributed by atoms with Crippen molar-refractivity contribution in [1.82, 2.24) is 14.7 Å². The Balaban J connectivity index is 1.74. The van der Waals surface area contributed by atoms with E-state index in [4.69, 9.17) is 23.2 Å². The van der Waals surface area contributed by atoms with Gasteiger partial charge in [-0.25, -0.2) is 4.98 Å². The lowest BCUT2D eigenvalue weighted by Crippen LogP contribution is -2.23. The largest absolute Gasteiger partial charge is 0.346 e. The summed E-state index contributed by atoms with van der Waals surface area (Å²) >= 11 is 11.9. The van der Waals surface area contributed by atoms with Gasteiger partial charge in [0.05, 0.1) is 22.8 Å². The number of benzene rings is 1. The monoisotopic (exact) mass is 319 g/mol. The number of nitrogens with one attached hydrogen (secondary N) is 1. The van der Waals surface area contributed by atoms with Crippen LogP contribution in [0.5, 0.6) is 0 Å². The van der Waals surface area contributed by atoms with E-state index < -0.39 is 0 Å². The molecule has 0 saturated heterocycles. The molecule has 4 nitrogen and oxygen atoms in total. The number of fused-ring (bicyclic) bond motifs is 1. The quantitative estimate of drug-likeness (QED) is 0.802. The van der Waals surface area contributed by atoms with E-state index in [1.807, 2.05) is 16.8 Å². The lowest BCUT2D eigenvalue weighted by Gasteiger charge is -2.04. The van der Waals surface area contributed by atoms with E-state index in [2.05, 4.69) is 10.3 Å². The highest BCUT2D eigenvalue weighted by Crippen LogP contribution is 2.15. The smallest absolute Gasteiger partial charge is 0.253 e. The van der Waals surface area contributed by atoms with Crippen LogP contribution in [0.1, 0.15) is 16.1 Å². The van der Waals surface area contributed by atoms with Crippen molar-refractivity contribution in [2.45, 2.75) is 6.54 Å². The highest BCUT2D eigenvalue weighted by molar-refractivity contribution is 6.33. The predicted octanol–water partition coefficient (Wildman–Crippen LogP) is 3.57. The number of nitrogens with zero attached hydrogens (tertiary/aromatic N) is 2. The summed E-state index contributed by atoms with van der Waals surface area (Å²) in [5, 5.41) is 3.85. The Morgan fingerprint density at radius 1 is 1.24 bits per heavy atom. The van der Waals surface area contributed by atoms with Crippen LogP contribution in [0.2, 0.25) is 10.0 Å². The first-order chi connectivity index (χ1) is 10.1. The number of hydrogen-bond donors (Lipinski definition) is 1. The fourth-order valence-corrected chi connectivity index (χ4v) is 2.38. The van der Waals surface area contributed by atoms with E-state index in [1.165, 1.54) is 0 Å². The maximum atomic E-state index is 12.1. The predicted molar refractivity (Wildman–Crippen MR) is 82.8 cm³/mol. The van der Waals surface area contributed by atoms with Crippen LogP contribution in [0.3, 0.4) is 0 Å². The van der Waals surface area contributed by atoms with Crippen LogP contribution in [0.15, 0.2) is 48.8 Å². The van der Waals surface area contributed by atoms with Gasteiger partial charge in [-0.3, -0.25) is 4.79 Å². The van der Waals surface area contributed by atoms with Crippen molar-refractivity contribution in [3.63, 3.8) is 0 Å². The van der Waals surface area contributed by atoms with E-state index in [9.17, 15) is 4.79 Å². The van der Waals surface area contributed by atoms with Crippen LogP contribution < -0.4 is 5.32 Å². The Kier molecular flexibility index (Phi) is 3.82. The molecule has 0 aliphatic carbocycles. The fourth-order valence-electron chi connectivity index (χ4n) is 2.01. The molecule has 106 valence electrons. The second-order valence-electron chi connectivity index (χ2n) is 4.51. The molecule has 0 unspecified atom stereocenters. The van der Waals surface area contributed by atoms with Gasteiger partial charge in [0, 0.05) is 17.4 Å². The molecule has 6 heteroatoms. The summed E-state index contributed by atoms with van der Waals surface area (Å²) in [6, 6.07) is 10.5. The molecule has 0 aliphatic heterocycles. The van der Waals surface area contributed by atoms with Crippen molar-refractivity contribution in [2.24, 2.45) is 0 Å². The highest BCUT2D eigenvalue weighted by Gasteiger charge is 2.10. The number of carbonyl (C=O) groups excluding carboxylic acids is 1. The van der Waals surface area contributed by atoms with E-state index in [0.717, 1.165) is 11.3 Å². The SMILES string of the molecule is O=C(NCc1cn2ccc(Cl)cc2n1)c1ccccc1Cl. The van der Waals surface area contributed by atoms with Crippen LogP contribution in [0, 0.1) is 0 Å². The average Bonchev–Trinajstić information content (AvgIpc) is 2.87. The summed E-state index contributed by atoms with van der Waals surface area (Å²) in [5.41, 5.74) is 1.94. The van der Waals surface area contributed by atoms with Gasteiger partial charge in [0.25, 0.3) is 5.91 Å². The molecule has 0 atom stereocenters. The summed E-state index contributed by atoms with van der Waals surface area (Å²) in [4.78, 5) is 16.4. The fraction of sp³-hybridized carbons (Fsp3) is 0.0667. The lowest BCUT2D eigenvalue weighted by atomic mass is 10.2. The summed E-state index contributed by atoms with van der Waals surface area (Å²) in [6.45, 7) is 0.323. The highest BCUT2D eigenvalue weighted by atomic mass is 35.5. The minimum atomic E-state index is -0.226. The van der Waals surface area contributed by atoms with E-state index >= 15 is 0 Å². The second-order valence-corrected chi connectivity index (χ2v) is 5.35. The van der Waals surface area contributed by atoms with Crippen LogP contribution in [0.25, 0.3) is 5.65 Å². The molecule has 3 rings (SSSR count). The molecule has 0 saturated carbocycles. The Morgan fingerprint density at radius 3 is 2.86 bits per heavy atom. The summed E-state index contributed by atoms with van der Waals surface area (Å²) in [5.74, 6) is -0.226. The summed E-state index contributed by atoms with van der Waals surface area (Å²) < 4.78 is 1.85. The summed E-state index contributed by atoms with van der Waals surface area (Å²) in [6.07, 6.45) is 3.67. The molecule has 2 aromatic heterocycles. The Hall–Kier alpha value is -2.04. The van der Waals surface area contributed by atoms with Crippen molar-refractivity contribution in [3.05, 3.63) is 70.1 Å². The average molecular weight is 320 g/mol. The van der Waals surface area contributed by atoms with Gasteiger partial charge in [0.2, 0.25) is 0 Å². The maximum Gasteiger partial charge on any atom is 0.253 e. The molecule has 0 spiro atoms. The zero-order chi connectivity index (χ0) is 14.8. The van der Waals surface area contributed by atoms with Gasteiger partial charge in [0.1, 0.15) is 5.65 Å². The van der Waals surface area contributed by atoms with Crippen molar-refractivity contribution in [1.29, 1.82) is 0 Å². The van der Waals surface area contributed by atoms with Gasteiger partial charge in [-0.05, 0) is 24.3 Å². The van der Waals surface area contributed by atoms with Gasteiger partial charge >= 0.3 is 0 Å². The van der Waals surface area contributed by atoms with E-state index in [-0.39, 0.29) is 5.91 Å². The number of halogens is 2. The van der Waals surface area contributed by atoms with Crippen molar-refractivity contribution in [3.8, 4) is 0 Å². The molecule has 1 aromatic carbocycles. The zero-order valence-electron chi connectivity index (χ0n) is 10.9. The van der Waals surface area contributed by atoms with Crippen LogP contribution in [-0.4, -0.2) is 15.3 Å². The van der Waals surface area contributed by atoms with Gasteiger partial charge < -0.3 is 9.72 Å². The van der Waals surface area contributed by atoms with Gasteiger partial charge in [-0.15, -0.1) is 0 Å². The molecule has 0 fully saturated rings. The molecule has 0 radical (unpaired) electrons.